The van der Waals surface area contributed by atoms with Gasteiger partial charge in [-0.05, 0) is 38.5 Å². The summed E-state index contributed by atoms with van der Waals surface area (Å²) in [5.74, 6) is 0.127. The van der Waals surface area contributed by atoms with Gasteiger partial charge in [0, 0.05) is 17.8 Å². The van der Waals surface area contributed by atoms with Gasteiger partial charge in [-0.3, -0.25) is 4.79 Å². The molecule has 0 saturated carbocycles. The molecule has 5 nitrogen and oxygen atoms in total. The van der Waals surface area contributed by atoms with Crippen LogP contribution in [-0.2, 0) is 0 Å². The molecule has 1 aromatic heterocycles. The van der Waals surface area contributed by atoms with E-state index in [-0.39, 0.29) is 16.8 Å². The van der Waals surface area contributed by atoms with Gasteiger partial charge in [-0.2, -0.15) is 0 Å². The van der Waals surface area contributed by atoms with E-state index in [0.717, 1.165) is 6.42 Å². The van der Waals surface area contributed by atoms with E-state index in [9.17, 15) is 9.18 Å². The number of hydrogen-bond acceptors (Lipinski definition) is 4. The summed E-state index contributed by atoms with van der Waals surface area (Å²) < 4.78 is 13.1. The van der Waals surface area contributed by atoms with Crippen LogP contribution in [0.5, 0.6) is 0 Å². The van der Waals surface area contributed by atoms with Gasteiger partial charge in [-0.25, -0.2) is 14.4 Å². The number of carbonyl (C=O) groups excluding carboxylic acids is 1. The minimum absolute atomic E-state index is 0.0548. The quantitative estimate of drug-likeness (QED) is 0.864. The fraction of sp³-hybridized carbons (Fsp3) is 0.312. The Bertz CT molecular complexity index is 723. The van der Waals surface area contributed by atoms with Crippen LogP contribution in [0.25, 0.3) is 0 Å². The van der Waals surface area contributed by atoms with Crippen LogP contribution >= 0.6 is 11.6 Å². The molecule has 2 N–H and O–H groups in total. The molecule has 0 fully saturated rings. The molecule has 23 heavy (non-hydrogen) atoms. The molecular weight excluding hydrogens is 319 g/mol. The molecule has 1 aromatic carbocycles. The number of nitrogens with one attached hydrogen (secondary N) is 2. The van der Waals surface area contributed by atoms with E-state index in [1.54, 1.807) is 13.0 Å². The van der Waals surface area contributed by atoms with Gasteiger partial charge < -0.3 is 10.6 Å². The fourth-order valence-electron chi connectivity index (χ4n) is 1.88. The number of halogens is 2. The number of benzene rings is 1. The average molecular weight is 337 g/mol. The second kappa shape index (κ2) is 7.37. The predicted molar refractivity (Wildman–Crippen MR) is 89.5 cm³/mol. The zero-order valence-corrected chi connectivity index (χ0v) is 13.9. The summed E-state index contributed by atoms with van der Waals surface area (Å²) in [5, 5.41) is 5.79. The number of aryl methyl sites for hydroxylation is 1. The Labute approximate surface area is 139 Å². The zero-order chi connectivity index (χ0) is 17.0. The van der Waals surface area contributed by atoms with Gasteiger partial charge in [0.1, 0.15) is 23.2 Å². The van der Waals surface area contributed by atoms with Gasteiger partial charge in [0.15, 0.2) is 0 Å². The van der Waals surface area contributed by atoms with Crippen LogP contribution in [0.4, 0.5) is 15.9 Å². The Morgan fingerprint density at radius 2 is 2.09 bits per heavy atom. The first-order valence-corrected chi connectivity index (χ1v) is 7.65. The van der Waals surface area contributed by atoms with Crippen molar-refractivity contribution in [3.05, 3.63) is 46.6 Å². The summed E-state index contributed by atoms with van der Waals surface area (Å²) in [5.41, 5.74) is 0.623. The number of anilines is 2. The number of rotatable bonds is 5. The van der Waals surface area contributed by atoms with Crippen LogP contribution in [0, 0.1) is 12.7 Å². The minimum atomic E-state index is -0.539. The van der Waals surface area contributed by atoms with E-state index < -0.39 is 11.7 Å². The van der Waals surface area contributed by atoms with Crippen LogP contribution in [0.15, 0.2) is 24.3 Å². The number of amides is 1. The largest absolute Gasteiger partial charge is 0.368 e. The van der Waals surface area contributed by atoms with E-state index in [1.807, 2.05) is 6.92 Å². The first kappa shape index (κ1) is 17.1. The monoisotopic (exact) mass is 336 g/mol. The summed E-state index contributed by atoms with van der Waals surface area (Å²) in [6.07, 6.45) is 0.929. The lowest BCUT2D eigenvalue weighted by Crippen LogP contribution is -2.18. The third kappa shape index (κ3) is 4.63. The summed E-state index contributed by atoms with van der Waals surface area (Å²) in [7, 11) is 0. The van der Waals surface area contributed by atoms with Crippen LogP contribution in [0.1, 0.15) is 36.6 Å². The van der Waals surface area contributed by atoms with Crippen molar-refractivity contribution < 1.29 is 9.18 Å². The molecule has 0 radical (unpaired) electrons. The minimum Gasteiger partial charge on any atom is -0.368 e. The van der Waals surface area contributed by atoms with Crippen molar-refractivity contribution in [3.63, 3.8) is 0 Å². The first-order valence-electron chi connectivity index (χ1n) is 7.27. The number of carbonyl (C=O) groups is 1. The van der Waals surface area contributed by atoms with E-state index in [2.05, 4.69) is 27.5 Å². The molecule has 0 aliphatic rings. The van der Waals surface area contributed by atoms with Crippen molar-refractivity contribution in [2.24, 2.45) is 0 Å². The van der Waals surface area contributed by atoms with Crippen LogP contribution in [-0.4, -0.2) is 21.9 Å². The summed E-state index contributed by atoms with van der Waals surface area (Å²) >= 11 is 5.71. The molecule has 0 aliphatic heterocycles. The maximum atomic E-state index is 13.1. The third-order valence-corrected chi connectivity index (χ3v) is 3.54. The van der Waals surface area contributed by atoms with Crippen molar-refractivity contribution in [1.82, 2.24) is 9.97 Å². The van der Waals surface area contributed by atoms with Crippen molar-refractivity contribution in [1.29, 1.82) is 0 Å². The predicted octanol–water partition coefficient (Wildman–Crippen LogP) is 4.04. The molecule has 0 spiro atoms. The Morgan fingerprint density at radius 1 is 1.35 bits per heavy atom. The van der Waals surface area contributed by atoms with Gasteiger partial charge in [-0.1, -0.05) is 18.5 Å². The number of nitrogens with zero attached hydrogens (tertiary/aromatic N) is 2. The topological polar surface area (TPSA) is 66.9 Å². The molecule has 7 heteroatoms. The van der Waals surface area contributed by atoms with Gasteiger partial charge >= 0.3 is 0 Å². The second-order valence-corrected chi connectivity index (χ2v) is 5.63. The highest BCUT2D eigenvalue weighted by molar-refractivity contribution is 6.31. The lowest BCUT2D eigenvalue weighted by Gasteiger charge is -2.13. The van der Waals surface area contributed by atoms with E-state index in [4.69, 9.17) is 11.6 Å². The maximum Gasteiger partial charge on any atom is 0.274 e. The van der Waals surface area contributed by atoms with Gasteiger partial charge in [-0.15, -0.1) is 0 Å². The van der Waals surface area contributed by atoms with Gasteiger partial charge in [0.05, 0.1) is 5.02 Å². The van der Waals surface area contributed by atoms with Crippen LogP contribution in [0.2, 0.25) is 5.02 Å². The highest BCUT2D eigenvalue weighted by Gasteiger charge is 2.12. The number of aromatic nitrogens is 2. The first-order chi connectivity index (χ1) is 10.9. The van der Waals surface area contributed by atoms with E-state index >= 15 is 0 Å². The normalized spacial score (nSPS) is 11.9. The summed E-state index contributed by atoms with van der Waals surface area (Å²) in [6.45, 7) is 5.79. The molecule has 122 valence electrons. The van der Waals surface area contributed by atoms with Gasteiger partial charge in [0.2, 0.25) is 0 Å². The maximum absolute atomic E-state index is 13.1. The Balaban J connectivity index is 2.19. The third-order valence-electron chi connectivity index (χ3n) is 3.25. The fourth-order valence-corrected chi connectivity index (χ4v) is 2.06. The summed E-state index contributed by atoms with van der Waals surface area (Å²) in [4.78, 5) is 20.7. The Hall–Kier alpha value is -2.21. The van der Waals surface area contributed by atoms with E-state index in [0.29, 0.717) is 17.3 Å². The Morgan fingerprint density at radius 3 is 2.74 bits per heavy atom. The van der Waals surface area contributed by atoms with Crippen molar-refractivity contribution in [3.8, 4) is 0 Å². The van der Waals surface area contributed by atoms with E-state index in [1.165, 1.54) is 18.2 Å². The molecule has 1 atom stereocenters. The molecule has 2 aromatic rings. The molecule has 2 rings (SSSR count). The second-order valence-electron chi connectivity index (χ2n) is 5.22. The molecule has 0 saturated heterocycles. The summed E-state index contributed by atoms with van der Waals surface area (Å²) in [6, 6.07) is 5.79. The zero-order valence-electron chi connectivity index (χ0n) is 13.2. The SMILES string of the molecule is CCC(C)Nc1cc(C(=O)Nc2ccc(F)c(Cl)c2)nc(C)n1. The van der Waals surface area contributed by atoms with Crippen LogP contribution < -0.4 is 10.6 Å². The van der Waals surface area contributed by atoms with Crippen molar-refractivity contribution in [2.75, 3.05) is 10.6 Å². The lowest BCUT2D eigenvalue weighted by atomic mass is 10.2. The van der Waals surface area contributed by atoms with Crippen molar-refractivity contribution in [2.45, 2.75) is 33.2 Å². The smallest absolute Gasteiger partial charge is 0.274 e. The molecule has 1 amide bonds. The molecule has 1 unspecified atom stereocenters. The van der Waals surface area contributed by atoms with Crippen LogP contribution in [0.3, 0.4) is 0 Å². The van der Waals surface area contributed by atoms with Crippen molar-refractivity contribution >= 4 is 29.0 Å². The number of hydrogen-bond donors (Lipinski definition) is 2. The molecule has 1 heterocycles. The highest BCUT2D eigenvalue weighted by Crippen LogP contribution is 2.20. The molecule has 0 bridgehead atoms. The lowest BCUT2D eigenvalue weighted by molar-refractivity contribution is 0.102. The standard InChI is InChI=1S/C16H18ClFN4O/c1-4-9(2)19-15-8-14(20-10(3)21-15)16(23)22-11-5-6-13(18)12(17)7-11/h5-9H,4H2,1-3H3,(H,22,23)(H,19,20,21). The molecule has 0 aliphatic carbocycles. The van der Waals surface area contributed by atoms with Gasteiger partial charge in [0.25, 0.3) is 5.91 Å². The molecular formula is C16H18ClFN4O. The Kier molecular flexibility index (Phi) is 5.50. The highest BCUT2D eigenvalue weighted by atomic mass is 35.5. The average Bonchev–Trinajstić information content (AvgIpc) is 2.50.